The van der Waals surface area contributed by atoms with Gasteiger partial charge in [-0.3, -0.25) is 19.4 Å². The van der Waals surface area contributed by atoms with Gasteiger partial charge in [-0.15, -0.1) is 0 Å². The zero-order chi connectivity index (χ0) is 26.4. The van der Waals surface area contributed by atoms with Gasteiger partial charge in [0, 0.05) is 35.7 Å². The van der Waals surface area contributed by atoms with Crippen LogP contribution in [0.3, 0.4) is 0 Å². The molecule has 0 radical (unpaired) electrons. The number of halogens is 1. The summed E-state index contributed by atoms with van der Waals surface area (Å²) in [6, 6.07) is 8.19. The predicted molar refractivity (Wildman–Crippen MR) is 142 cm³/mol. The lowest BCUT2D eigenvalue weighted by Gasteiger charge is -2.34. The van der Waals surface area contributed by atoms with Gasteiger partial charge in [0.15, 0.2) is 0 Å². The first-order valence-corrected chi connectivity index (χ1v) is 13.7. The highest BCUT2D eigenvalue weighted by Gasteiger charge is 2.72. The number of pyridine rings is 1. The highest BCUT2D eigenvalue weighted by molar-refractivity contribution is 6.31. The number of amides is 3. The Balaban J connectivity index is 1.32. The number of hydrogen-bond donors (Lipinski definition) is 2. The Hall–Kier alpha value is -3.23. The molecule has 3 fully saturated rings. The van der Waals surface area contributed by atoms with Gasteiger partial charge in [-0.2, -0.15) is 0 Å². The Labute approximate surface area is 226 Å². The van der Waals surface area contributed by atoms with Crippen LogP contribution in [0.15, 0.2) is 54.9 Å². The van der Waals surface area contributed by atoms with Crippen LogP contribution in [0.1, 0.15) is 43.2 Å². The molecule has 2 aromatic rings. The summed E-state index contributed by atoms with van der Waals surface area (Å²) in [7, 11) is 0. The van der Waals surface area contributed by atoms with Crippen molar-refractivity contribution in [1.29, 1.82) is 0 Å². The average Bonchev–Trinajstić information content (AvgIpc) is 3.55. The van der Waals surface area contributed by atoms with E-state index < -0.39 is 29.6 Å². The third kappa shape index (κ3) is 4.20. The molecule has 8 nitrogen and oxygen atoms in total. The van der Waals surface area contributed by atoms with Crippen LogP contribution in [0.5, 0.6) is 0 Å². The van der Waals surface area contributed by atoms with Crippen molar-refractivity contribution in [1.82, 2.24) is 15.2 Å². The lowest BCUT2D eigenvalue weighted by molar-refractivity contribution is -0.142. The molecule has 2 saturated heterocycles. The first kappa shape index (κ1) is 25.1. The van der Waals surface area contributed by atoms with E-state index >= 15 is 0 Å². The molecule has 9 heteroatoms. The molecule has 2 N–H and O–H groups in total. The van der Waals surface area contributed by atoms with Gasteiger partial charge < -0.3 is 20.3 Å². The quantitative estimate of drug-likeness (QED) is 0.549. The van der Waals surface area contributed by atoms with Gasteiger partial charge in [-0.1, -0.05) is 55.1 Å². The highest BCUT2D eigenvalue weighted by Crippen LogP contribution is 2.55. The molecule has 5 atom stereocenters. The third-order valence-corrected chi connectivity index (χ3v) is 8.80. The molecule has 1 saturated carbocycles. The normalized spacial score (nSPS) is 29.9. The minimum absolute atomic E-state index is 0.0787. The minimum atomic E-state index is -1.20. The summed E-state index contributed by atoms with van der Waals surface area (Å²) in [5.74, 6) is -2.39. The summed E-state index contributed by atoms with van der Waals surface area (Å²) >= 11 is 6.26. The number of nitrogens with zero attached hydrogens (tertiary/aromatic N) is 2. The second-order valence-corrected chi connectivity index (χ2v) is 11.2. The number of likely N-dealkylation sites (tertiary alicyclic amines) is 1. The van der Waals surface area contributed by atoms with E-state index in [1.54, 1.807) is 35.5 Å². The first-order chi connectivity index (χ1) is 18.4. The predicted octanol–water partition coefficient (Wildman–Crippen LogP) is 3.78. The largest absolute Gasteiger partial charge is 0.359 e. The summed E-state index contributed by atoms with van der Waals surface area (Å²) in [4.78, 5) is 47.3. The van der Waals surface area contributed by atoms with Crippen molar-refractivity contribution in [3.63, 3.8) is 0 Å². The molecule has 4 heterocycles. The molecule has 1 aromatic carbocycles. The molecule has 3 aliphatic heterocycles. The van der Waals surface area contributed by atoms with E-state index in [-0.39, 0.29) is 30.3 Å². The van der Waals surface area contributed by atoms with Crippen molar-refractivity contribution in [2.24, 2.45) is 11.8 Å². The van der Waals surface area contributed by atoms with E-state index in [4.69, 9.17) is 16.3 Å². The molecule has 198 valence electrons. The van der Waals surface area contributed by atoms with E-state index in [0.29, 0.717) is 10.7 Å². The van der Waals surface area contributed by atoms with Crippen LogP contribution in [0.25, 0.3) is 0 Å². The maximum absolute atomic E-state index is 14.1. The monoisotopic (exact) mass is 534 g/mol. The molecule has 3 amide bonds. The van der Waals surface area contributed by atoms with Crippen molar-refractivity contribution in [2.75, 3.05) is 5.32 Å². The summed E-state index contributed by atoms with van der Waals surface area (Å²) in [5, 5.41) is 6.67. The minimum Gasteiger partial charge on any atom is -0.359 e. The third-order valence-electron chi connectivity index (χ3n) is 8.39. The zero-order valence-electron chi connectivity index (χ0n) is 21.2. The first-order valence-electron chi connectivity index (χ1n) is 13.3. The SMILES string of the molecule is Cc1ccc(NC(=O)C2[C@H]3C=CC4(O3)C(C(=O)NC3CCCCC3)N(Cc3cccnc3)C(=O)[C@@H]24)cc1Cl. The molecular formula is C29H31ClN4O4. The Kier molecular flexibility index (Phi) is 6.48. The lowest BCUT2D eigenvalue weighted by Crippen LogP contribution is -2.56. The Morgan fingerprint density at radius 3 is 2.74 bits per heavy atom. The van der Waals surface area contributed by atoms with Gasteiger partial charge in [0.1, 0.15) is 11.6 Å². The van der Waals surface area contributed by atoms with E-state index in [0.717, 1.165) is 36.8 Å². The molecular weight excluding hydrogens is 504 g/mol. The Bertz CT molecular complexity index is 1290. The summed E-state index contributed by atoms with van der Waals surface area (Å²) in [6.07, 6.45) is 11.6. The van der Waals surface area contributed by atoms with Crippen molar-refractivity contribution in [2.45, 2.75) is 69.4 Å². The van der Waals surface area contributed by atoms with Gasteiger partial charge in [0.05, 0.1) is 17.9 Å². The van der Waals surface area contributed by atoms with Crippen molar-refractivity contribution < 1.29 is 19.1 Å². The summed E-state index contributed by atoms with van der Waals surface area (Å²) in [6.45, 7) is 2.09. The molecule has 1 aliphatic carbocycles. The molecule has 2 bridgehead atoms. The zero-order valence-corrected chi connectivity index (χ0v) is 22.0. The second-order valence-electron chi connectivity index (χ2n) is 10.8. The number of carbonyl (C=O) groups is 3. The van der Waals surface area contributed by atoms with E-state index in [1.807, 2.05) is 31.2 Å². The lowest BCUT2D eigenvalue weighted by atomic mass is 9.74. The van der Waals surface area contributed by atoms with Gasteiger partial charge >= 0.3 is 0 Å². The van der Waals surface area contributed by atoms with Gasteiger partial charge in [0.25, 0.3) is 0 Å². The number of anilines is 1. The van der Waals surface area contributed by atoms with Crippen LogP contribution in [-0.4, -0.2) is 51.4 Å². The van der Waals surface area contributed by atoms with Crippen LogP contribution in [0, 0.1) is 18.8 Å². The number of aromatic nitrogens is 1. The number of ether oxygens (including phenoxy) is 1. The van der Waals surface area contributed by atoms with Gasteiger partial charge in [-0.25, -0.2) is 0 Å². The summed E-state index contributed by atoms with van der Waals surface area (Å²) in [5.41, 5.74) is 1.06. The molecule has 1 spiro atoms. The number of carbonyl (C=O) groups excluding carboxylic acids is 3. The molecule has 1 aromatic heterocycles. The standard InChI is InChI=1S/C29H31ClN4O4/c1-17-9-10-20(14-21(17)30)33-26(35)23-22-11-12-29(38-22)24(23)28(37)34(16-18-6-5-13-31-15-18)25(29)27(36)32-19-7-3-2-4-8-19/h5-6,9-15,19,22-25H,2-4,7-8,16H2,1H3,(H,32,36)(H,33,35)/t22-,23?,24-,25?,29?/m1/s1. The van der Waals surface area contributed by atoms with Crippen molar-refractivity contribution >= 4 is 35.0 Å². The van der Waals surface area contributed by atoms with Gasteiger partial charge in [-0.05, 0) is 49.1 Å². The smallest absolute Gasteiger partial charge is 0.246 e. The number of nitrogens with one attached hydrogen (secondary N) is 2. The second kappa shape index (κ2) is 9.82. The maximum atomic E-state index is 14.1. The number of fused-ring (bicyclic) bond motifs is 1. The molecule has 38 heavy (non-hydrogen) atoms. The number of rotatable bonds is 6. The van der Waals surface area contributed by atoms with Crippen molar-refractivity contribution in [3.8, 4) is 0 Å². The molecule has 3 unspecified atom stereocenters. The van der Waals surface area contributed by atoms with Crippen LogP contribution >= 0.6 is 11.6 Å². The van der Waals surface area contributed by atoms with Crippen molar-refractivity contribution in [3.05, 3.63) is 71.0 Å². The fourth-order valence-corrected chi connectivity index (χ4v) is 6.73. The molecule has 4 aliphatic rings. The van der Waals surface area contributed by atoms with Gasteiger partial charge in [0.2, 0.25) is 17.7 Å². The number of benzene rings is 1. The van der Waals surface area contributed by atoms with Crippen LogP contribution in [0.4, 0.5) is 5.69 Å². The fourth-order valence-electron chi connectivity index (χ4n) is 6.55. The number of aryl methyl sites for hydroxylation is 1. The summed E-state index contributed by atoms with van der Waals surface area (Å²) < 4.78 is 6.42. The fraction of sp³-hybridized carbons (Fsp3) is 0.448. The van der Waals surface area contributed by atoms with Crippen LogP contribution < -0.4 is 10.6 Å². The van der Waals surface area contributed by atoms with E-state index in [2.05, 4.69) is 15.6 Å². The van der Waals surface area contributed by atoms with E-state index in [9.17, 15) is 14.4 Å². The Morgan fingerprint density at radius 2 is 2.00 bits per heavy atom. The van der Waals surface area contributed by atoms with Crippen LogP contribution in [0.2, 0.25) is 5.02 Å². The average molecular weight is 535 g/mol. The maximum Gasteiger partial charge on any atom is 0.246 e. The number of hydrogen-bond acceptors (Lipinski definition) is 5. The van der Waals surface area contributed by atoms with Crippen LogP contribution in [-0.2, 0) is 25.7 Å². The Morgan fingerprint density at radius 1 is 1.18 bits per heavy atom. The molecule has 6 rings (SSSR count). The topological polar surface area (TPSA) is 101 Å². The highest BCUT2D eigenvalue weighted by atomic mass is 35.5. The van der Waals surface area contributed by atoms with E-state index in [1.165, 1.54) is 6.42 Å².